The average molecular weight is 290 g/mol. The van der Waals surface area contributed by atoms with Crippen LogP contribution < -0.4 is 10.9 Å². The minimum Gasteiger partial charge on any atom is -0.479 e. The summed E-state index contributed by atoms with van der Waals surface area (Å²) in [5.74, 6) is -1.70. The lowest BCUT2D eigenvalue weighted by Gasteiger charge is -2.12. The number of carboxylic acids is 1. The van der Waals surface area contributed by atoms with E-state index in [2.05, 4.69) is 10.3 Å². The zero-order valence-corrected chi connectivity index (χ0v) is 11.3. The molecule has 2 aromatic rings. The van der Waals surface area contributed by atoms with Crippen LogP contribution in [0, 0.1) is 0 Å². The van der Waals surface area contributed by atoms with Crippen molar-refractivity contribution in [1.29, 1.82) is 0 Å². The number of amides is 1. The Labute approximate surface area is 119 Å². The van der Waals surface area contributed by atoms with E-state index in [1.165, 1.54) is 13.2 Å². The van der Waals surface area contributed by atoms with Crippen LogP contribution >= 0.6 is 0 Å². The van der Waals surface area contributed by atoms with Gasteiger partial charge < -0.3 is 20.1 Å². The van der Waals surface area contributed by atoms with Crippen molar-refractivity contribution < 1.29 is 19.4 Å². The number of pyridine rings is 1. The first-order valence-electron chi connectivity index (χ1n) is 6.19. The zero-order valence-electron chi connectivity index (χ0n) is 11.3. The van der Waals surface area contributed by atoms with Crippen LogP contribution in [0.15, 0.2) is 35.1 Å². The zero-order chi connectivity index (χ0) is 15.4. The molecule has 3 N–H and O–H groups in total. The second kappa shape index (κ2) is 6.19. The summed E-state index contributed by atoms with van der Waals surface area (Å²) in [6.07, 6.45) is -1.14. The number of aliphatic carboxylic acids is 1. The van der Waals surface area contributed by atoms with Crippen molar-refractivity contribution >= 4 is 22.8 Å². The number of carbonyl (C=O) groups is 2. The highest BCUT2D eigenvalue weighted by Crippen LogP contribution is 2.14. The Kier molecular flexibility index (Phi) is 4.34. The molecule has 0 saturated carbocycles. The normalized spacial score (nSPS) is 12.0. The molecule has 110 valence electrons. The molecule has 0 radical (unpaired) electrons. The number of fused-ring (bicyclic) bond motifs is 1. The summed E-state index contributed by atoms with van der Waals surface area (Å²) in [4.78, 5) is 37.1. The molecule has 0 aliphatic heterocycles. The number of hydrogen-bond donors (Lipinski definition) is 3. The van der Waals surface area contributed by atoms with E-state index in [0.717, 1.165) is 0 Å². The lowest BCUT2D eigenvalue weighted by Crippen LogP contribution is -2.38. The number of aromatic amines is 1. The highest BCUT2D eigenvalue weighted by molar-refractivity contribution is 6.06. The molecule has 1 unspecified atom stereocenters. The van der Waals surface area contributed by atoms with Crippen molar-refractivity contribution in [2.45, 2.75) is 6.10 Å². The number of benzene rings is 1. The fraction of sp³-hybridized carbons (Fsp3) is 0.214. The first-order chi connectivity index (χ1) is 10.0. The van der Waals surface area contributed by atoms with E-state index in [1.54, 1.807) is 24.3 Å². The maximum Gasteiger partial charge on any atom is 0.334 e. The fourth-order valence-electron chi connectivity index (χ4n) is 1.94. The lowest BCUT2D eigenvalue weighted by atomic mass is 10.1. The van der Waals surface area contributed by atoms with Gasteiger partial charge in [0, 0.05) is 24.1 Å². The van der Waals surface area contributed by atoms with Crippen LogP contribution in [0.25, 0.3) is 10.9 Å². The molecular weight excluding hydrogens is 276 g/mol. The number of nitrogens with one attached hydrogen (secondary N) is 2. The summed E-state index contributed by atoms with van der Waals surface area (Å²) < 4.78 is 4.73. The van der Waals surface area contributed by atoms with Crippen molar-refractivity contribution in [2.24, 2.45) is 0 Å². The van der Waals surface area contributed by atoms with Crippen molar-refractivity contribution in [2.75, 3.05) is 13.7 Å². The highest BCUT2D eigenvalue weighted by atomic mass is 16.5. The molecular formula is C14H14N2O5. The van der Waals surface area contributed by atoms with Crippen LogP contribution in [0.4, 0.5) is 0 Å². The van der Waals surface area contributed by atoms with Crippen molar-refractivity contribution in [1.82, 2.24) is 10.3 Å². The standard InChI is InChI=1S/C14H14N2O5/c1-21-11(14(19)20)7-15-13(18)9-6-12(17)16-10-5-3-2-4-8(9)10/h2-6,11H,7H2,1H3,(H,15,18)(H,16,17)(H,19,20). The second-order valence-corrected chi connectivity index (χ2v) is 4.37. The smallest absolute Gasteiger partial charge is 0.334 e. The van der Waals surface area contributed by atoms with Crippen LogP contribution in [0.5, 0.6) is 0 Å². The molecule has 1 atom stereocenters. The molecule has 1 aromatic carbocycles. The van der Waals surface area contributed by atoms with Gasteiger partial charge in [-0.05, 0) is 6.07 Å². The van der Waals surface area contributed by atoms with E-state index in [-0.39, 0.29) is 12.1 Å². The second-order valence-electron chi connectivity index (χ2n) is 4.37. The summed E-state index contributed by atoms with van der Waals surface area (Å²) in [5.41, 5.74) is 0.326. The summed E-state index contributed by atoms with van der Waals surface area (Å²) in [6.45, 7) is -0.189. The third-order valence-electron chi connectivity index (χ3n) is 3.00. The quantitative estimate of drug-likeness (QED) is 0.736. The molecule has 0 saturated heterocycles. The summed E-state index contributed by atoms with van der Waals surface area (Å²) in [5, 5.41) is 11.9. The number of H-pyrrole nitrogens is 1. The molecule has 0 bridgehead atoms. The Morgan fingerprint density at radius 3 is 2.76 bits per heavy atom. The Bertz CT molecular complexity index is 737. The predicted octanol–water partition coefficient (Wildman–Crippen LogP) is 0.357. The molecule has 0 aliphatic carbocycles. The molecule has 1 amide bonds. The van der Waals surface area contributed by atoms with Crippen LogP contribution in [0.2, 0.25) is 0 Å². The molecule has 0 spiro atoms. The summed E-state index contributed by atoms with van der Waals surface area (Å²) >= 11 is 0. The molecule has 7 nitrogen and oxygen atoms in total. The molecule has 21 heavy (non-hydrogen) atoms. The number of carbonyl (C=O) groups excluding carboxylic acids is 1. The molecule has 1 heterocycles. The summed E-state index contributed by atoms with van der Waals surface area (Å²) in [6, 6.07) is 8.05. The van der Waals surface area contributed by atoms with E-state index >= 15 is 0 Å². The number of rotatable bonds is 5. The first kappa shape index (κ1) is 14.7. The highest BCUT2D eigenvalue weighted by Gasteiger charge is 2.18. The summed E-state index contributed by atoms with van der Waals surface area (Å²) in [7, 11) is 1.24. The minimum atomic E-state index is -1.17. The Morgan fingerprint density at radius 1 is 1.38 bits per heavy atom. The number of para-hydroxylation sites is 1. The van der Waals surface area contributed by atoms with Gasteiger partial charge in [0.15, 0.2) is 6.10 Å². The number of hydrogen-bond acceptors (Lipinski definition) is 4. The van der Waals surface area contributed by atoms with Crippen LogP contribution in [0.1, 0.15) is 10.4 Å². The molecule has 7 heteroatoms. The van der Waals surface area contributed by atoms with E-state index in [0.29, 0.717) is 10.9 Å². The number of aromatic nitrogens is 1. The maximum atomic E-state index is 12.1. The maximum absolute atomic E-state index is 12.1. The monoisotopic (exact) mass is 290 g/mol. The lowest BCUT2D eigenvalue weighted by molar-refractivity contribution is -0.148. The van der Waals surface area contributed by atoms with Crippen LogP contribution in [0.3, 0.4) is 0 Å². The van der Waals surface area contributed by atoms with Crippen molar-refractivity contribution in [3.8, 4) is 0 Å². The minimum absolute atomic E-state index is 0.189. The van der Waals surface area contributed by atoms with E-state index in [1.807, 2.05) is 0 Å². The van der Waals surface area contributed by atoms with E-state index in [4.69, 9.17) is 9.84 Å². The van der Waals surface area contributed by atoms with Gasteiger partial charge in [0.2, 0.25) is 5.56 Å². The van der Waals surface area contributed by atoms with Gasteiger partial charge >= 0.3 is 5.97 Å². The average Bonchev–Trinajstić information content (AvgIpc) is 2.46. The van der Waals surface area contributed by atoms with Crippen LogP contribution in [-0.2, 0) is 9.53 Å². The van der Waals surface area contributed by atoms with Gasteiger partial charge in [-0.2, -0.15) is 0 Å². The molecule has 0 aliphatic rings. The topological polar surface area (TPSA) is 108 Å². The molecule has 1 aromatic heterocycles. The fourth-order valence-corrected chi connectivity index (χ4v) is 1.94. The van der Waals surface area contributed by atoms with Gasteiger partial charge in [-0.3, -0.25) is 9.59 Å². The third-order valence-corrected chi connectivity index (χ3v) is 3.00. The van der Waals surface area contributed by atoms with Gasteiger partial charge in [0.1, 0.15) is 0 Å². The number of carboxylic acid groups (broad SMARTS) is 1. The van der Waals surface area contributed by atoms with E-state index in [9.17, 15) is 14.4 Å². The van der Waals surface area contributed by atoms with Gasteiger partial charge in [0.25, 0.3) is 5.91 Å². The number of methoxy groups -OCH3 is 1. The van der Waals surface area contributed by atoms with Gasteiger partial charge in [-0.1, -0.05) is 18.2 Å². The first-order valence-corrected chi connectivity index (χ1v) is 6.19. The van der Waals surface area contributed by atoms with Gasteiger partial charge in [-0.15, -0.1) is 0 Å². The van der Waals surface area contributed by atoms with Gasteiger partial charge in [-0.25, -0.2) is 4.79 Å². The third kappa shape index (κ3) is 3.26. The van der Waals surface area contributed by atoms with E-state index < -0.39 is 23.5 Å². The molecule has 2 rings (SSSR count). The van der Waals surface area contributed by atoms with Crippen molar-refractivity contribution in [3.05, 3.63) is 46.2 Å². The SMILES string of the molecule is COC(CNC(=O)c1cc(=O)[nH]c2ccccc12)C(=O)O. The Morgan fingerprint density at radius 2 is 2.10 bits per heavy atom. The van der Waals surface area contributed by atoms with Gasteiger partial charge in [0.05, 0.1) is 12.1 Å². The largest absolute Gasteiger partial charge is 0.479 e. The Balaban J connectivity index is 2.27. The molecule has 0 fully saturated rings. The number of ether oxygens (including phenoxy) is 1. The predicted molar refractivity (Wildman–Crippen MR) is 75.3 cm³/mol. The Hall–Kier alpha value is -2.67. The van der Waals surface area contributed by atoms with Crippen LogP contribution in [-0.4, -0.2) is 41.7 Å². The van der Waals surface area contributed by atoms with Crippen molar-refractivity contribution in [3.63, 3.8) is 0 Å².